The summed E-state index contributed by atoms with van der Waals surface area (Å²) >= 11 is 0. The van der Waals surface area contributed by atoms with E-state index in [2.05, 4.69) is 10.1 Å². The highest BCUT2D eigenvalue weighted by molar-refractivity contribution is 7.90. The van der Waals surface area contributed by atoms with Gasteiger partial charge in [-0.1, -0.05) is 17.7 Å². The number of hydrogen-bond acceptors (Lipinski definition) is 5. The van der Waals surface area contributed by atoms with E-state index in [0.29, 0.717) is 5.39 Å². The number of carbonyl (C=O) groups excluding carboxylic acids is 1. The van der Waals surface area contributed by atoms with Crippen LogP contribution >= 0.6 is 0 Å². The van der Waals surface area contributed by atoms with Gasteiger partial charge in [0.1, 0.15) is 5.69 Å². The Hall–Kier alpha value is -2.54. The minimum Gasteiger partial charge on any atom is -0.292 e. The van der Waals surface area contributed by atoms with E-state index in [0.717, 1.165) is 22.5 Å². The molecule has 24 heavy (non-hydrogen) atoms. The monoisotopic (exact) mass is 341 g/mol. The smallest absolute Gasteiger partial charge is 0.284 e. The Balaban J connectivity index is 1.93. The maximum atomic E-state index is 12.9. The van der Waals surface area contributed by atoms with Crippen molar-refractivity contribution in [1.82, 2.24) is 14.2 Å². The maximum absolute atomic E-state index is 12.9. The quantitative estimate of drug-likeness (QED) is 0.681. The number of rotatable bonds is 4. The molecule has 1 aliphatic carbocycles. The minimum absolute atomic E-state index is 0.0427. The zero-order valence-electron chi connectivity index (χ0n) is 13.0. The van der Waals surface area contributed by atoms with Gasteiger partial charge < -0.3 is 0 Å². The summed E-state index contributed by atoms with van der Waals surface area (Å²) in [5.74, 6) is -0.148. The first kappa shape index (κ1) is 15.0. The number of hydrogen-bond donors (Lipinski definition) is 0. The van der Waals surface area contributed by atoms with Crippen molar-refractivity contribution in [2.75, 3.05) is 0 Å². The molecular weight excluding hydrogens is 326 g/mol. The average molecular weight is 341 g/mol. The second kappa shape index (κ2) is 5.24. The van der Waals surface area contributed by atoms with Crippen molar-refractivity contribution in [2.24, 2.45) is 5.92 Å². The Labute approximate surface area is 139 Å². The molecule has 0 atom stereocenters. The molecule has 0 aliphatic heterocycles. The molecule has 0 unspecified atom stereocenters. The van der Waals surface area contributed by atoms with E-state index in [9.17, 15) is 13.2 Å². The predicted molar refractivity (Wildman–Crippen MR) is 88.3 cm³/mol. The van der Waals surface area contributed by atoms with Crippen LogP contribution in [0.5, 0.6) is 0 Å². The fraction of sp³-hybridized carbons (Fsp3) is 0.235. The molecule has 0 amide bonds. The van der Waals surface area contributed by atoms with Gasteiger partial charge in [-0.3, -0.25) is 4.79 Å². The van der Waals surface area contributed by atoms with Crippen molar-refractivity contribution in [2.45, 2.75) is 24.7 Å². The van der Waals surface area contributed by atoms with Gasteiger partial charge in [0.25, 0.3) is 10.0 Å². The Kier molecular flexibility index (Phi) is 3.28. The molecule has 2 heterocycles. The molecule has 6 nitrogen and oxygen atoms in total. The molecule has 1 aromatic carbocycles. The van der Waals surface area contributed by atoms with Crippen LogP contribution < -0.4 is 0 Å². The van der Waals surface area contributed by atoms with Crippen molar-refractivity contribution < 1.29 is 13.2 Å². The van der Waals surface area contributed by atoms with E-state index < -0.39 is 10.0 Å². The topological polar surface area (TPSA) is 81.9 Å². The summed E-state index contributed by atoms with van der Waals surface area (Å²) < 4.78 is 26.7. The summed E-state index contributed by atoms with van der Waals surface area (Å²) in [5, 5.41) is 4.61. The second-order valence-electron chi connectivity index (χ2n) is 6.02. The second-order valence-corrected chi connectivity index (χ2v) is 7.79. The Bertz CT molecular complexity index is 1050. The van der Waals surface area contributed by atoms with Crippen LogP contribution in [0.25, 0.3) is 11.0 Å². The van der Waals surface area contributed by atoms with Gasteiger partial charge in [0.15, 0.2) is 11.4 Å². The van der Waals surface area contributed by atoms with E-state index in [-0.39, 0.29) is 27.9 Å². The third-order valence-corrected chi connectivity index (χ3v) is 5.72. The summed E-state index contributed by atoms with van der Waals surface area (Å²) in [6.07, 6.45) is 3.16. The summed E-state index contributed by atoms with van der Waals surface area (Å²) in [6.45, 7) is 1.88. The standard InChI is InChI=1S/C17H15N3O3S/c1-11-4-8-13(9-5-11)24(22,23)20-17-14(3-2-10-18-17)15(19-20)16(21)12-6-7-12/h2-5,8-10,12H,6-7H2,1H3. The number of ketones is 1. The molecule has 7 heteroatoms. The van der Waals surface area contributed by atoms with Crippen LogP contribution in [0.1, 0.15) is 28.9 Å². The van der Waals surface area contributed by atoms with E-state index in [1.807, 2.05) is 6.92 Å². The van der Waals surface area contributed by atoms with Crippen molar-refractivity contribution >= 4 is 26.8 Å². The lowest BCUT2D eigenvalue weighted by molar-refractivity contribution is 0.0964. The lowest BCUT2D eigenvalue weighted by atomic mass is 10.1. The molecule has 0 N–H and O–H groups in total. The van der Waals surface area contributed by atoms with E-state index in [1.54, 1.807) is 24.3 Å². The van der Waals surface area contributed by atoms with Crippen molar-refractivity contribution in [3.8, 4) is 0 Å². The molecule has 1 aliphatic rings. The van der Waals surface area contributed by atoms with Gasteiger partial charge >= 0.3 is 0 Å². The minimum atomic E-state index is -3.91. The van der Waals surface area contributed by atoms with Crippen molar-refractivity contribution in [1.29, 1.82) is 0 Å². The number of pyridine rings is 1. The zero-order chi connectivity index (χ0) is 16.9. The summed E-state index contributed by atoms with van der Waals surface area (Å²) in [5.41, 5.74) is 1.33. The van der Waals surface area contributed by atoms with Crippen LogP contribution in [-0.2, 0) is 10.0 Å². The number of fused-ring (bicyclic) bond motifs is 1. The van der Waals surface area contributed by atoms with Gasteiger partial charge in [-0.05, 0) is 44.0 Å². The van der Waals surface area contributed by atoms with Gasteiger partial charge in [0, 0.05) is 12.1 Å². The Morgan fingerprint density at radius 1 is 1.17 bits per heavy atom. The van der Waals surface area contributed by atoms with Gasteiger partial charge in [-0.2, -0.15) is 13.5 Å². The van der Waals surface area contributed by atoms with E-state index in [1.165, 1.54) is 18.3 Å². The van der Waals surface area contributed by atoms with Crippen LogP contribution in [0.3, 0.4) is 0 Å². The molecule has 0 radical (unpaired) electrons. The lowest BCUT2D eigenvalue weighted by Crippen LogP contribution is -2.16. The molecule has 1 saturated carbocycles. The van der Waals surface area contributed by atoms with Crippen LogP contribution in [0.15, 0.2) is 47.5 Å². The Morgan fingerprint density at radius 2 is 1.88 bits per heavy atom. The lowest BCUT2D eigenvalue weighted by Gasteiger charge is -2.05. The normalized spacial score (nSPS) is 14.9. The molecule has 0 saturated heterocycles. The fourth-order valence-corrected chi connectivity index (χ4v) is 3.87. The van der Waals surface area contributed by atoms with E-state index >= 15 is 0 Å². The van der Waals surface area contributed by atoms with Crippen molar-refractivity contribution in [3.05, 3.63) is 53.9 Å². The first-order chi connectivity index (χ1) is 11.5. The van der Waals surface area contributed by atoms with Gasteiger partial charge in [-0.15, -0.1) is 4.09 Å². The van der Waals surface area contributed by atoms with Gasteiger partial charge in [0.05, 0.1) is 10.3 Å². The van der Waals surface area contributed by atoms with Crippen LogP contribution in [0.2, 0.25) is 0 Å². The Morgan fingerprint density at radius 3 is 2.54 bits per heavy atom. The maximum Gasteiger partial charge on any atom is 0.284 e. The number of nitrogens with zero attached hydrogens (tertiary/aromatic N) is 3. The number of carbonyl (C=O) groups is 1. The number of benzene rings is 1. The number of aromatic nitrogens is 3. The molecule has 2 aromatic heterocycles. The molecular formula is C17H15N3O3S. The summed E-state index contributed by atoms with van der Waals surface area (Å²) in [4.78, 5) is 16.7. The molecule has 1 fully saturated rings. The van der Waals surface area contributed by atoms with Crippen LogP contribution in [-0.4, -0.2) is 28.4 Å². The van der Waals surface area contributed by atoms with Crippen molar-refractivity contribution in [3.63, 3.8) is 0 Å². The third kappa shape index (κ3) is 2.32. The van der Waals surface area contributed by atoms with Gasteiger partial charge in [-0.25, -0.2) is 4.98 Å². The highest BCUT2D eigenvalue weighted by Gasteiger charge is 2.35. The van der Waals surface area contributed by atoms with Gasteiger partial charge in [0.2, 0.25) is 0 Å². The van der Waals surface area contributed by atoms with Crippen LogP contribution in [0, 0.1) is 12.8 Å². The largest absolute Gasteiger partial charge is 0.292 e. The zero-order valence-corrected chi connectivity index (χ0v) is 13.8. The fourth-order valence-electron chi connectivity index (χ4n) is 2.62. The number of aryl methyl sites for hydroxylation is 1. The van der Waals surface area contributed by atoms with E-state index in [4.69, 9.17) is 0 Å². The SMILES string of the molecule is Cc1ccc(S(=O)(=O)n2nc(C(=O)C3CC3)c3cccnc32)cc1. The first-order valence-corrected chi connectivity index (χ1v) is 9.13. The summed E-state index contributed by atoms with van der Waals surface area (Å²) in [6, 6.07) is 9.88. The molecule has 0 spiro atoms. The highest BCUT2D eigenvalue weighted by atomic mass is 32.2. The van der Waals surface area contributed by atoms with Crippen LogP contribution in [0.4, 0.5) is 0 Å². The highest BCUT2D eigenvalue weighted by Crippen LogP contribution is 2.34. The molecule has 4 rings (SSSR count). The average Bonchev–Trinajstić information content (AvgIpc) is 3.35. The number of Topliss-reactive ketones (excluding diaryl/α,β-unsaturated/α-hetero) is 1. The molecule has 0 bridgehead atoms. The summed E-state index contributed by atoms with van der Waals surface area (Å²) in [7, 11) is -3.91. The molecule has 122 valence electrons. The first-order valence-electron chi connectivity index (χ1n) is 7.69. The predicted octanol–water partition coefficient (Wildman–Crippen LogP) is 2.57. The molecule has 3 aromatic rings. The third-order valence-electron chi connectivity index (χ3n) is 4.14.